The third kappa shape index (κ3) is 5.64. The summed E-state index contributed by atoms with van der Waals surface area (Å²) in [5.74, 6) is 2.00. The van der Waals surface area contributed by atoms with Crippen LogP contribution in [0.15, 0.2) is 111 Å². The van der Waals surface area contributed by atoms with Gasteiger partial charge in [-0.3, -0.25) is 16.0 Å². The number of hydrogen-bond donors (Lipinski definition) is 7. The Morgan fingerprint density at radius 1 is 0.396 bits per heavy atom. The average molecular weight is 702 g/mol. The molecule has 0 spiro atoms. The van der Waals surface area contributed by atoms with Gasteiger partial charge in [-0.1, -0.05) is 91.0 Å². The van der Waals surface area contributed by atoms with Crippen LogP contribution in [0.25, 0.3) is 43.1 Å². The van der Waals surface area contributed by atoms with Crippen molar-refractivity contribution in [1.82, 2.24) is 35.9 Å². The van der Waals surface area contributed by atoms with Gasteiger partial charge in [0.05, 0.1) is 0 Å². The Labute approximate surface area is 305 Å². The molecule has 0 aliphatic carbocycles. The maximum absolute atomic E-state index is 5.41. The number of aromatic nitrogens is 4. The first-order valence-corrected chi connectivity index (χ1v) is 18.3. The molecule has 4 aromatic carbocycles. The molecule has 8 aromatic rings. The molecule has 0 atom stereocenters. The fourth-order valence-corrected chi connectivity index (χ4v) is 7.79. The van der Waals surface area contributed by atoms with Crippen LogP contribution in [0.1, 0.15) is 47.1 Å². The number of H-pyrrole nitrogens is 4. The van der Waals surface area contributed by atoms with Crippen molar-refractivity contribution in [3.8, 4) is 0 Å². The summed E-state index contributed by atoms with van der Waals surface area (Å²) in [6.45, 7) is 13.0. The van der Waals surface area contributed by atoms with Crippen molar-refractivity contribution in [3.63, 3.8) is 0 Å². The van der Waals surface area contributed by atoms with E-state index in [4.69, 9.17) is 20.0 Å². The van der Waals surface area contributed by atoms with E-state index in [1.54, 1.807) is 0 Å². The standard InChI is InChI=1S/C42H43N11/c1-22(2)51-42(52-23(3)4,53-24(5)6)32-21-13-20-31-33(32)41-49-39-30-19-12-11-18-29(30)37(47-39)45-35-26-15-8-7-14-25(26)34(43-35)44-36-27-16-9-10-17-28(27)38(46-36)48-40(31)50-41/h7-24,51-53H,1-6H3,(H4,43,44,45,46,47,48,49,50). The minimum absolute atomic E-state index is 0.147. The third-order valence-corrected chi connectivity index (χ3v) is 9.63. The normalized spacial score (nSPS) is 13.3. The molecule has 4 aromatic heterocycles. The highest BCUT2D eigenvalue weighted by Gasteiger charge is 2.36. The van der Waals surface area contributed by atoms with E-state index in [-0.39, 0.29) is 18.1 Å². The second-order valence-corrected chi connectivity index (χ2v) is 14.7. The van der Waals surface area contributed by atoms with Crippen LogP contribution in [0, 0.1) is 0 Å². The molecule has 53 heavy (non-hydrogen) atoms. The quantitative estimate of drug-likeness (QED) is 0.0914. The predicted molar refractivity (Wildman–Crippen MR) is 213 cm³/mol. The number of fused-ring (bicyclic) bond motifs is 20. The zero-order valence-corrected chi connectivity index (χ0v) is 30.7. The number of rotatable bonds is 7. The van der Waals surface area contributed by atoms with Crippen LogP contribution in [0.3, 0.4) is 0 Å². The van der Waals surface area contributed by atoms with E-state index in [1.807, 2.05) is 36.4 Å². The fourth-order valence-electron chi connectivity index (χ4n) is 7.79. The van der Waals surface area contributed by atoms with E-state index in [9.17, 15) is 0 Å². The van der Waals surface area contributed by atoms with E-state index >= 15 is 0 Å². The van der Waals surface area contributed by atoms with Crippen LogP contribution in [0.4, 0.5) is 23.3 Å². The van der Waals surface area contributed by atoms with Crippen LogP contribution in [0.5, 0.6) is 0 Å². The largest absolute Gasteiger partial charge is 0.324 e. The van der Waals surface area contributed by atoms with E-state index < -0.39 is 5.79 Å². The van der Waals surface area contributed by atoms with Gasteiger partial charge < -0.3 is 19.9 Å². The summed E-state index contributed by atoms with van der Waals surface area (Å²) in [7, 11) is 0. The van der Waals surface area contributed by atoms with Crippen molar-refractivity contribution >= 4 is 66.4 Å². The zero-order valence-electron chi connectivity index (χ0n) is 30.7. The molecule has 266 valence electrons. The number of hydrogen-bond acceptors (Lipinski definition) is 7. The third-order valence-electron chi connectivity index (χ3n) is 9.63. The van der Waals surface area contributed by atoms with Gasteiger partial charge in [0.15, 0.2) is 5.79 Å². The Morgan fingerprint density at radius 2 is 0.736 bits per heavy atom. The molecule has 0 amide bonds. The van der Waals surface area contributed by atoms with Gasteiger partial charge in [0.25, 0.3) is 0 Å². The van der Waals surface area contributed by atoms with Crippen molar-refractivity contribution < 1.29 is 0 Å². The molecule has 0 saturated heterocycles. The second-order valence-electron chi connectivity index (χ2n) is 14.7. The summed E-state index contributed by atoms with van der Waals surface area (Å²) in [5, 5.41) is 19.3. The number of benzene rings is 4. The highest BCUT2D eigenvalue weighted by molar-refractivity contribution is 6.03. The Balaban J connectivity index is 1.46. The molecule has 11 nitrogen and oxygen atoms in total. The van der Waals surface area contributed by atoms with Gasteiger partial charge >= 0.3 is 0 Å². The molecule has 0 saturated carbocycles. The van der Waals surface area contributed by atoms with Gasteiger partial charge in [-0.2, -0.15) is 0 Å². The molecule has 1 aliphatic heterocycles. The summed E-state index contributed by atoms with van der Waals surface area (Å²) < 4.78 is 0. The predicted octanol–water partition coefficient (Wildman–Crippen LogP) is 6.83. The lowest BCUT2D eigenvalue weighted by molar-refractivity contribution is 0.156. The minimum atomic E-state index is -0.797. The summed E-state index contributed by atoms with van der Waals surface area (Å²) >= 11 is 0. The van der Waals surface area contributed by atoms with Gasteiger partial charge in [-0.05, 0) is 41.5 Å². The molecule has 0 radical (unpaired) electrons. The lowest BCUT2D eigenvalue weighted by Gasteiger charge is -2.42. The van der Waals surface area contributed by atoms with Crippen molar-refractivity contribution in [3.05, 3.63) is 119 Å². The second kappa shape index (κ2) is 12.7. The van der Waals surface area contributed by atoms with E-state index in [0.29, 0.717) is 45.2 Å². The fraction of sp³-hybridized carbons (Fsp3) is 0.238. The molecule has 0 unspecified atom stereocenters. The van der Waals surface area contributed by atoms with Crippen LogP contribution >= 0.6 is 0 Å². The maximum atomic E-state index is 5.41. The van der Waals surface area contributed by atoms with E-state index in [1.165, 1.54) is 0 Å². The molecule has 8 bridgehead atoms. The number of aromatic amines is 4. The summed E-state index contributed by atoms with van der Waals surface area (Å²) in [6, 6.07) is 31.5. The van der Waals surface area contributed by atoms with Crippen LogP contribution in [-0.2, 0) is 5.79 Å². The van der Waals surface area contributed by atoms with Gasteiger partial charge in [-0.15, -0.1) is 0 Å². The first kappa shape index (κ1) is 33.0. The monoisotopic (exact) mass is 701 g/mol. The summed E-state index contributed by atoms with van der Waals surface area (Å²) in [5.41, 5.74) is 3.82. The lowest BCUT2D eigenvalue weighted by atomic mass is 9.98. The highest BCUT2D eigenvalue weighted by atomic mass is 15.4. The van der Waals surface area contributed by atoms with Gasteiger partial charge in [0.2, 0.25) is 0 Å². The van der Waals surface area contributed by atoms with Crippen LogP contribution in [-0.4, -0.2) is 38.1 Å². The molecular weight excluding hydrogens is 659 g/mol. The molecule has 11 heteroatoms. The molecule has 0 fully saturated rings. The Bertz CT molecular complexity index is 2900. The number of nitrogens with one attached hydrogen (secondary N) is 7. The molecule has 7 N–H and O–H groups in total. The Kier molecular flexibility index (Phi) is 7.88. The smallest absolute Gasteiger partial charge is 0.151 e. The topological polar surface area (TPSA) is 149 Å². The van der Waals surface area contributed by atoms with Crippen molar-refractivity contribution in [2.24, 2.45) is 20.0 Å². The summed E-state index contributed by atoms with van der Waals surface area (Å²) in [6.07, 6.45) is 0. The van der Waals surface area contributed by atoms with Crippen molar-refractivity contribution in [1.29, 1.82) is 0 Å². The first-order valence-electron chi connectivity index (χ1n) is 18.3. The minimum Gasteiger partial charge on any atom is -0.324 e. The van der Waals surface area contributed by atoms with Crippen molar-refractivity contribution in [2.45, 2.75) is 65.5 Å². The van der Waals surface area contributed by atoms with Gasteiger partial charge in [0, 0.05) is 66.8 Å². The maximum Gasteiger partial charge on any atom is 0.151 e. The van der Waals surface area contributed by atoms with Crippen LogP contribution < -0.4 is 37.9 Å². The van der Waals surface area contributed by atoms with E-state index in [0.717, 1.165) is 48.7 Å². The molecule has 1 aliphatic rings. The van der Waals surface area contributed by atoms with Gasteiger partial charge in [-0.25, -0.2) is 20.0 Å². The molecular formula is C42H43N11. The summed E-state index contributed by atoms with van der Waals surface area (Å²) in [4.78, 5) is 35.5. The SMILES string of the molecule is CC(C)NC(NC(C)C)(NC(C)C)c1cccc2c3[nH]c(c12)N=c1[nH]c(c2ccccc12)=Nc1[nH]c(c2ccccc12)N=c1[nH]c(c2ccccc12)=N3. The highest BCUT2D eigenvalue weighted by Crippen LogP contribution is 2.40. The zero-order chi connectivity index (χ0) is 36.4. The first-order chi connectivity index (χ1) is 25.7. The molecule has 9 rings (SSSR count). The number of nitrogens with zero attached hydrogens (tertiary/aromatic N) is 4. The Morgan fingerprint density at radius 3 is 1.15 bits per heavy atom. The lowest BCUT2D eigenvalue weighted by Crippen LogP contribution is -2.68. The van der Waals surface area contributed by atoms with Gasteiger partial charge in [0.1, 0.15) is 45.2 Å². The van der Waals surface area contributed by atoms with Crippen LogP contribution in [0.2, 0.25) is 0 Å². The Hall–Kier alpha value is -5.88. The average Bonchev–Trinajstić information content (AvgIpc) is 3.86. The molecule has 5 heterocycles. The van der Waals surface area contributed by atoms with E-state index in [2.05, 4.69) is 132 Å². The van der Waals surface area contributed by atoms with Crippen molar-refractivity contribution in [2.75, 3.05) is 0 Å².